The molecule has 0 spiro atoms. The Bertz CT molecular complexity index is 114. The molecule has 0 saturated carbocycles. The Labute approximate surface area is 94.1 Å². The van der Waals surface area contributed by atoms with Crippen molar-refractivity contribution in [1.29, 1.82) is 0 Å². The third-order valence-electron chi connectivity index (χ3n) is 2.52. The molecule has 13 heavy (non-hydrogen) atoms. The maximum Gasteiger partial charge on any atom is 0.0191 e. The van der Waals surface area contributed by atoms with Gasteiger partial charge < -0.3 is 10.6 Å². The standard InChI is InChI=1S/C9H20N2.2ClH/c1-8(2)9(10)7-11-5-3-4-6-11;;/h8-9H,3-7,10H2,1-2H3;2*1H/t9-;;/m1../s1. The lowest BCUT2D eigenvalue weighted by Gasteiger charge is -2.22. The maximum atomic E-state index is 5.95. The first-order valence-corrected chi connectivity index (χ1v) is 4.68. The minimum atomic E-state index is 0. The molecule has 82 valence electrons. The molecule has 0 amide bonds. The second kappa shape index (κ2) is 7.86. The molecule has 0 aromatic rings. The molecule has 1 aliphatic heterocycles. The van der Waals surface area contributed by atoms with E-state index < -0.39 is 0 Å². The summed E-state index contributed by atoms with van der Waals surface area (Å²) in [5.74, 6) is 0.621. The number of rotatable bonds is 3. The van der Waals surface area contributed by atoms with Crippen molar-refractivity contribution in [3.05, 3.63) is 0 Å². The van der Waals surface area contributed by atoms with Gasteiger partial charge in [-0.3, -0.25) is 0 Å². The molecule has 1 aliphatic rings. The Balaban J connectivity index is 0. The van der Waals surface area contributed by atoms with E-state index in [1.165, 1.54) is 25.9 Å². The van der Waals surface area contributed by atoms with Crippen molar-refractivity contribution >= 4 is 24.8 Å². The van der Waals surface area contributed by atoms with Crippen LogP contribution in [0.4, 0.5) is 0 Å². The molecule has 1 atom stereocenters. The topological polar surface area (TPSA) is 29.3 Å². The molecular formula is C9H22Cl2N2. The molecule has 0 bridgehead atoms. The van der Waals surface area contributed by atoms with E-state index in [1.54, 1.807) is 0 Å². The van der Waals surface area contributed by atoms with Crippen LogP contribution in [-0.2, 0) is 0 Å². The molecule has 0 radical (unpaired) electrons. The average molecular weight is 229 g/mol. The second-order valence-electron chi connectivity index (χ2n) is 3.92. The molecule has 1 rings (SSSR count). The van der Waals surface area contributed by atoms with Crippen LogP contribution in [-0.4, -0.2) is 30.6 Å². The normalized spacial score (nSPS) is 19.4. The van der Waals surface area contributed by atoms with E-state index in [4.69, 9.17) is 5.73 Å². The first-order chi connectivity index (χ1) is 5.20. The highest BCUT2D eigenvalue weighted by Crippen LogP contribution is 2.09. The average Bonchev–Trinajstić information content (AvgIpc) is 2.39. The van der Waals surface area contributed by atoms with Gasteiger partial charge in [0, 0.05) is 12.6 Å². The smallest absolute Gasteiger partial charge is 0.0191 e. The number of hydrogen-bond acceptors (Lipinski definition) is 2. The summed E-state index contributed by atoms with van der Waals surface area (Å²) in [7, 11) is 0. The van der Waals surface area contributed by atoms with Gasteiger partial charge in [0.1, 0.15) is 0 Å². The number of hydrogen-bond donors (Lipinski definition) is 1. The number of halogens is 2. The maximum absolute atomic E-state index is 5.95. The van der Waals surface area contributed by atoms with E-state index >= 15 is 0 Å². The van der Waals surface area contributed by atoms with Gasteiger partial charge in [0.25, 0.3) is 0 Å². The van der Waals surface area contributed by atoms with Crippen LogP contribution in [0.2, 0.25) is 0 Å². The summed E-state index contributed by atoms with van der Waals surface area (Å²) in [5.41, 5.74) is 5.95. The van der Waals surface area contributed by atoms with Crippen LogP contribution in [0.15, 0.2) is 0 Å². The van der Waals surface area contributed by atoms with Gasteiger partial charge in [0.2, 0.25) is 0 Å². The van der Waals surface area contributed by atoms with Crippen molar-refractivity contribution in [3.63, 3.8) is 0 Å². The molecular weight excluding hydrogens is 207 g/mol. The van der Waals surface area contributed by atoms with Crippen molar-refractivity contribution in [1.82, 2.24) is 4.90 Å². The second-order valence-corrected chi connectivity index (χ2v) is 3.92. The predicted octanol–water partition coefficient (Wildman–Crippen LogP) is 1.91. The quantitative estimate of drug-likeness (QED) is 0.801. The van der Waals surface area contributed by atoms with Gasteiger partial charge in [-0.25, -0.2) is 0 Å². The molecule has 4 heteroatoms. The molecule has 1 fully saturated rings. The summed E-state index contributed by atoms with van der Waals surface area (Å²) in [4.78, 5) is 2.48. The lowest BCUT2D eigenvalue weighted by atomic mass is 10.1. The van der Waals surface area contributed by atoms with Gasteiger partial charge in [-0.05, 0) is 31.8 Å². The fourth-order valence-corrected chi connectivity index (χ4v) is 1.47. The van der Waals surface area contributed by atoms with Crippen LogP contribution < -0.4 is 5.73 Å². The monoisotopic (exact) mass is 228 g/mol. The zero-order valence-corrected chi connectivity index (χ0v) is 10.2. The van der Waals surface area contributed by atoms with Gasteiger partial charge in [-0.15, -0.1) is 24.8 Å². The van der Waals surface area contributed by atoms with Gasteiger partial charge in [0.15, 0.2) is 0 Å². The highest BCUT2D eigenvalue weighted by atomic mass is 35.5. The molecule has 0 unspecified atom stereocenters. The van der Waals surface area contributed by atoms with E-state index in [0.717, 1.165) is 6.54 Å². The SMILES string of the molecule is CC(C)[C@H](N)CN1CCCC1.Cl.Cl. The van der Waals surface area contributed by atoms with Crippen molar-refractivity contribution in [2.75, 3.05) is 19.6 Å². The summed E-state index contributed by atoms with van der Waals surface area (Å²) in [6, 6.07) is 0.369. The fourth-order valence-electron chi connectivity index (χ4n) is 1.47. The summed E-state index contributed by atoms with van der Waals surface area (Å²) in [6.07, 6.45) is 2.73. The zero-order chi connectivity index (χ0) is 8.27. The Morgan fingerprint density at radius 2 is 1.62 bits per heavy atom. The Kier molecular flexibility index (Phi) is 9.65. The highest BCUT2D eigenvalue weighted by Gasteiger charge is 2.16. The Hall–Kier alpha value is 0.500. The first-order valence-electron chi connectivity index (χ1n) is 4.68. The lowest BCUT2D eigenvalue weighted by Crippen LogP contribution is -2.39. The van der Waals surface area contributed by atoms with E-state index in [2.05, 4.69) is 18.7 Å². The molecule has 1 heterocycles. The van der Waals surface area contributed by atoms with E-state index in [1.807, 2.05) is 0 Å². The summed E-state index contributed by atoms with van der Waals surface area (Å²) < 4.78 is 0. The van der Waals surface area contributed by atoms with Crippen molar-refractivity contribution in [2.24, 2.45) is 11.7 Å². The largest absolute Gasteiger partial charge is 0.326 e. The van der Waals surface area contributed by atoms with Crippen LogP contribution in [0.25, 0.3) is 0 Å². The Morgan fingerprint density at radius 1 is 1.15 bits per heavy atom. The van der Waals surface area contributed by atoms with Crippen molar-refractivity contribution in [3.8, 4) is 0 Å². The zero-order valence-electron chi connectivity index (χ0n) is 8.53. The molecule has 2 nitrogen and oxygen atoms in total. The van der Waals surface area contributed by atoms with Crippen LogP contribution in [0, 0.1) is 5.92 Å². The van der Waals surface area contributed by atoms with E-state index in [9.17, 15) is 0 Å². The fraction of sp³-hybridized carbons (Fsp3) is 1.00. The molecule has 2 N–H and O–H groups in total. The first kappa shape index (κ1) is 15.9. The lowest BCUT2D eigenvalue weighted by molar-refractivity contribution is 0.285. The molecule has 0 aromatic carbocycles. The summed E-state index contributed by atoms with van der Waals surface area (Å²) >= 11 is 0. The van der Waals surface area contributed by atoms with Crippen LogP contribution in [0.3, 0.4) is 0 Å². The number of nitrogens with zero attached hydrogens (tertiary/aromatic N) is 1. The minimum absolute atomic E-state index is 0. The third kappa shape index (κ3) is 5.74. The van der Waals surface area contributed by atoms with Crippen molar-refractivity contribution < 1.29 is 0 Å². The summed E-state index contributed by atoms with van der Waals surface area (Å²) in [6.45, 7) is 8.01. The van der Waals surface area contributed by atoms with Crippen molar-refractivity contribution in [2.45, 2.75) is 32.7 Å². The van der Waals surface area contributed by atoms with E-state index in [0.29, 0.717) is 12.0 Å². The number of nitrogens with two attached hydrogens (primary N) is 1. The molecule has 1 saturated heterocycles. The van der Waals surface area contributed by atoms with E-state index in [-0.39, 0.29) is 24.8 Å². The molecule has 0 aliphatic carbocycles. The highest BCUT2D eigenvalue weighted by molar-refractivity contribution is 5.85. The molecule has 0 aromatic heterocycles. The van der Waals surface area contributed by atoms with Crippen LogP contribution >= 0.6 is 24.8 Å². The van der Waals surface area contributed by atoms with Gasteiger partial charge >= 0.3 is 0 Å². The summed E-state index contributed by atoms with van der Waals surface area (Å²) in [5, 5.41) is 0. The van der Waals surface area contributed by atoms with Gasteiger partial charge in [-0.2, -0.15) is 0 Å². The minimum Gasteiger partial charge on any atom is -0.326 e. The Morgan fingerprint density at radius 3 is 2.00 bits per heavy atom. The third-order valence-corrected chi connectivity index (χ3v) is 2.52. The number of likely N-dealkylation sites (tertiary alicyclic amines) is 1. The van der Waals surface area contributed by atoms with Crippen LogP contribution in [0.1, 0.15) is 26.7 Å². The predicted molar refractivity (Wildman–Crippen MR) is 63.0 cm³/mol. The van der Waals surface area contributed by atoms with Gasteiger partial charge in [-0.1, -0.05) is 13.8 Å². The van der Waals surface area contributed by atoms with Crippen LogP contribution in [0.5, 0.6) is 0 Å². The van der Waals surface area contributed by atoms with Gasteiger partial charge in [0.05, 0.1) is 0 Å².